The van der Waals surface area contributed by atoms with Crippen LogP contribution in [-0.2, 0) is 11.4 Å². The lowest BCUT2D eigenvalue weighted by Gasteiger charge is -2.06. The minimum Gasteiger partial charge on any atom is -0.486 e. The average molecular weight is 397 g/mol. The Morgan fingerprint density at radius 1 is 1.12 bits per heavy atom. The number of hydrogen-bond donors (Lipinski definition) is 0. The number of furan rings is 1. The van der Waals surface area contributed by atoms with Gasteiger partial charge in [-0.2, -0.15) is 0 Å². The van der Waals surface area contributed by atoms with Gasteiger partial charge in [0.1, 0.15) is 23.9 Å². The van der Waals surface area contributed by atoms with E-state index in [0.29, 0.717) is 12.4 Å². The molecule has 3 aromatic rings. The summed E-state index contributed by atoms with van der Waals surface area (Å²) in [6.45, 7) is 0.354. The highest BCUT2D eigenvalue weighted by atomic mass is 79.9. The van der Waals surface area contributed by atoms with Crippen molar-refractivity contribution in [1.82, 2.24) is 0 Å². The number of benzene rings is 2. The SMILES string of the molecule is O=C(/C=C/c1ccc(COc2ccc3cc(Br)ccc3c2)o1)C1CC1. The number of carbonyl (C=O) groups is 1. The fraction of sp³-hybridized carbons (Fsp3) is 0.190. The van der Waals surface area contributed by atoms with E-state index in [1.165, 1.54) is 0 Å². The first-order valence-electron chi connectivity index (χ1n) is 8.30. The minimum absolute atomic E-state index is 0.192. The molecule has 1 heterocycles. The molecule has 0 spiro atoms. The molecular formula is C21H17BrO3. The smallest absolute Gasteiger partial charge is 0.158 e. The van der Waals surface area contributed by atoms with E-state index in [0.717, 1.165) is 39.6 Å². The van der Waals surface area contributed by atoms with E-state index in [4.69, 9.17) is 9.15 Å². The molecule has 0 unspecified atom stereocenters. The van der Waals surface area contributed by atoms with E-state index < -0.39 is 0 Å². The first-order valence-corrected chi connectivity index (χ1v) is 9.09. The number of ether oxygens (including phenoxy) is 1. The van der Waals surface area contributed by atoms with Gasteiger partial charge < -0.3 is 9.15 Å². The van der Waals surface area contributed by atoms with Crippen molar-refractivity contribution in [2.75, 3.05) is 0 Å². The Labute approximate surface area is 154 Å². The Morgan fingerprint density at radius 2 is 1.92 bits per heavy atom. The summed E-state index contributed by atoms with van der Waals surface area (Å²) in [5.74, 6) is 2.64. The van der Waals surface area contributed by atoms with Gasteiger partial charge in [0.2, 0.25) is 0 Å². The van der Waals surface area contributed by atoms with Crippen LogP contribution in [-0.4, -0.2) is 5.78 Å². The van der Waals surface area contributed by atoms with Crippen molar-refractivity contribution in [2.24, 2.45) is 5.92 Å². The van der Waals surface area contributed by atoms with Crippen LogP contribution in [0.1, 0.15) is 24.4 Å². The van der Waals surface area contributed by atoms with Gasteiger partial charge in [-0.15, -0.1) is 0 Å². The zero-order valence-corrected chi connectivity index (χ0v) is 15.2. The third-order valence-electron chi connectivity index (χ3n) is 4.23. The minimum atomic E-state index is 0.192. The predicted molar refractivity (Wildman–Crippen MR) is 101 cm³/mol. The first-order chi connectivity index (χ1) is 12.2. The number of carbonyl (C=O) groups excluding carboxylic acids is 1. The molecule has 126 valence electrons. The Bertz CT molecular complexity index is 951. The van der Waals surface area contributed by atoms with E-state index in [-0.39, 0.29) is 11.7 Å². The number of halogens is 1. The maximum absolute atomic E-state index is 11.7. The Balaban J connectivity index is 1.39. The van der Waals surface area contributed by atoms with Gasteiger partial charge >= 0.3 is 0 Å². The molecule has 1 saturated carbocycles. The summed E-state index contributed by atoms with van der Waals surface area (Å²) in [6, 6.07) is 15.9. The molecule has 1 aromatic heterocycles. The molecule has 4 heteroatoms. The van der Waals surface area contributed by atoms with Gasteiger partial charge in [0.05, 0.1) is 0 Å². The van der Waals surface area contributed by atoms with Crippen molar-refractivity contribution in [2.45, 2.75) is 19.4 Å². The number of ketones is 1. The molecule has 0 N–H and O–H groups in total. The van der Waals surface area contributed by atoms with Gasteiger partial charge in [0.15, 0.2) is 5.78 Å². The fourth-order valence-corrected chi connectivity index (χ4v) is 3.05. The molecule has 1 fully saturated rings. The van der Waals surface area contributed by atoms with E-state index in [2.05, 4.69) is 28.1 Å². The second kappa shape index (κ2) is 6.89. The van der Waals surface area contributed by atoms with Crippen LogP contribution in [0, 0.1) is 5.92 Å². The van der Waals surface area contributed by atoms with Crippen molar-refractivity contribution >= 4 is 38.6 Å². The van der Waals surface area contributed by atoms with Crippen LogP contribution in [0.25, 0.3) is 16.8 Å². The Hall–Kier alpha value is -2.33. The van der Waals surface area contributed by atoms with Crippen molar-refractivity contribution in [3.63, 3.8) is 0 Å². The third kappa shape index (κ3) is 4.02. The highest BCUT2D eigenvalue weighted by molar-refractivity contribution is 9.10. The largest absolute Gasteiger partial charge is 0.486 e. The van der Waals surface area contributed by atoms with Crippen molar-refractivity contribution in [3.8, 4) is 5.75 Å². The molecule has 0 bridgehead atoms. The van der Waals surface area contributed by atoms with Gasteiger partial charge in [0, 0.05) is 10.4 Å². The van der Waals surface area contributed by atoms with Gasteiger partial charge in [-0.05, 0) is 72.2 Å². The number of rotatable bonds is 6. The maximum Gasteiger partial charge on any atom is 0.158 e. The van der Waals surface area contributed by atoms with E-state index in [1.807, 2.05) is 36.4 Å². The number of hydrogen-bond acceptors (Lipinski definition) is 3. The summed E-state index contributed by atoms with van der Waals surface area (Å²) >= 11 is 3.48. The molecule has 4 rings (SSSR count). The zero-order chi connectivity index (χ0) is 17.2. The zero-order valence-electron chi connectivity index (χ0n) is 13.6. The van der Waals surface area contributed by atoms with Crippen LogP contribution in [0.5, 0.6) is 5.75 Å². The van der Waals surface area contributed by atoms with Crippen LogP contribution < -0.4 is 4.74 Å². The summed E-state index contributed by atoms with van der Waals surface area (Å²) in [5, 5.41) is 2.29. The molecule has 0 saturated heterocycles. The van der Waals surface area contributed by atoms with Crippen molar-refractivity contribution < 1.29 is 13.9 Å². The molecule has 3 nitrogen and oxygen atoms in total. The van der Waals surface area contributed by atoms with Gasteiger partial charge in [-0.25, -0.2) is 0 Å². The Morgan fingerprint density at radius 3 is 2.76 bits per heavy atom. The molecule has 1 aliphatic rings. The van der Waals surface area contributed by atoms with E-state index in [1.54, 1.807) is 12.2 Å². The van der Waals surface area contributed by atoms with Crippen LogP contribution >= 0.6 is 15.9 Å². The molecule has 0 aliphatic heterocycles. The molecule has 0 radical (unpaired) electrons. The van der Waals surface area contributed by atoms with Crippen LogP contribution in [0.2, 0.25) is 0 Å². The molecule has 1 aliphatic carbocycles. The van der Waals surface area contributed by atoms with Gasteiger partial charge in [0.25, 0.3) is 0 Å². The summed E-state index contributed by atoms with van der Waals surface area (Å²) in [6.07, 6.45) is 5.38. The summed E-state index contributed by atoms with van der Waals surface area (Å²) in [5.41, 5.74) is 0. The number of fused-ring (bicyclic) bond motifs is 1. The fourth-order valence-electron chi connectivity index (χ4n) is 2.67. The monoisotopic (exact) mass is 396 g/mol. The van der Waals surface area contributed by atoms with Gasteiger partial charge in [-0.1, -0.05) is 28.1 Å². The van der Waals surface area contributed by atoms with Crippen LogP contribution in [0.3, 0.4) is 0 Å². The summed E-state index contributed by atoms with van der Waals surface area (Å²) in [4.78, 5) is 11.7. The maximum atomic E-state index is 11.7. The lowest BCUT2D eigenvalue weighted by atomic mass is 10.1. The standard InChI is InChI=1S/C21H17BrO3/c22-17-5-3-16-12-19(6-4-15(16)11-17)24-13-20-8-7-18(25-20)9-10-21(23)14-1-2-14/h3-12,14H,1-2,13H2/b10-9+. The summed E-state index contributed by atoms with van der Waals surface area (Å²) < 4.78 is 12.6. The van der Waals surface area contributed by atoms with Crippen LogP contribution in [0.15, 0.2) is 63.5 Å². The average Bonchev–Trinajstić information content (AvgIpc) is 3.37. The summed E-state index contributed by atoms with van der Waals surface area (Å²) in [7, 11) is 0. The van der Waals surface area contributed by atoms with Crippen LogP contribution in [0.4, 0.5) is 0 Å². The quantitative estimate of drug-likeness (QED) is 0.496. The normalized spacial score (nSPS) is 14.3. The second-order valence-electron chi connectivity index (χ2n) is 6.26. The molecule has 0 atom stereocenters. The van der Waals surface area contributed by atoms with Gasteiger partial charge in [-0.3, -0.25) is 4.79 Å². The van der Waals surface area contributed by atoms with E-state index >= 15 is 0 Å². The Kier molecular flexibility index (Phi) is 4.45. The van der Waals surface area contributed by atoms with E-state index in [9.17, 15) is 4.79 Å². The first kappa shape index (κ1) is 16.2. The topological polar surface area (TPSA) is 39.4 Å². The second-order valence-corrected chi connectivity index (χ2v) is 7.17. The molecule has 25 heavy (non-hydrogen) atoms. The number of allylic oxidation sites excluding steroid dienone is 1. The highest BCUT2D eigenvalue weighted by Gasteiger charge is 2.27. The lowest BCUT2D eigenvalue weighted by molar-refractivity contribution is -0.115. The lowest BCUT2D eigenvalue weighted by Crippen LogP contribution is -1.94. The molecular weight excluding hydrogens is 380 g/mol. The molecule has 2 aromatic carbocycles. The molecule has 0 amide bonds. The van der Waals surface area contributed by atoms with Crippen molar-refractivity contribution in [1.29, 1.82) is 0 Å². The predicted octanol–water partition coefficient (Wildman–Crippen LogP) is 5.77. The highest BCUT2D eigenvalue weighted by Crippen LogP contribution is 2.30. The van der Waals surface area contributed by atoms with Crippen molar-refractivity contribution in [3.05, 3.63) is 70.6 Å². The third-order valence-corrected chi connectivity index (χ3v) is 4.72.